The Morgan fingerprint density at radius 1 is 1.29 bits per heavy atom. The first kappa shape index (κ1) is 12.3. The molecule has 0 amide bonds. The van der Waals surface area contributed by atoms with Gasteiger partial charge in [0.15, 0.2) is 0 Å². The Hall–Kier alpha value is -1.13. The van der Waals surface area contributed by atoms with Gasteiger partial charge < -0.3 is 5.73 Å². The first-order valence-electron chi connectivity index (χ1n) is 5.57. The number of hydrogen-bond donors (Lipinski definition) is 1. The molecule has 2 N–H and O–H groups in total. The van der Waals surface area contributed by atoms with Crippen molar-refractivity contribution in [1.29, 1.82) is 0 Å². The van der Waals surface area contributed by atoms with E-state index in [-0.39, 0.29) is 6.04 Å². The van der Waals surface area contributed by atoms with E-state index in [9.17, 15) is 0 Å². The normalized spacial score (nSPS) is 12.8. The molecule has 0 fully saturated rings. The summed E-state index contributed by atoms with van der Waals surface area (Å²) in [6, 6.07) is 8.15. The summed E-state index contributed by atoms with van der Waals surface area (Å²) < 4.78 is 2.98. The van der Waals surface area contributed by atoms with Crippen molar-refractivity contribution in [3.8, 4) is 5.69 Å². The number of benzene rings is 1. The van der Waals surface area contributed by atoms with Crippen LogP contribution in [0.5, 0.6) is 0 Å². The zero-order valence-corrected chi connectivity index (χ0v) is 11.8. The highest BCUT2D eigenvalue weighted by Crippen LogP contribution is 2.25. The van der Waals surface area contributed by atoms with Crippen molar-refractivity contribution < 1.29 is 0 Å². The summed E-state index contributed by atoms with van der Waals surface area (Å²) in [5.41, 5.74) is 10.3. The maximum absolute atomic E-state index is 6.00. The van der Waals surface area contributed by atoms with Crippen LogP contribution >= 0.6 is 15.9 Å². The molecule has 17 heavy (non-hydrogen) atoms. The van der Waals surface area contributed by atoms with Gasteiger partial charge in [-0.1, -0.05) is 22.0 Å². The van der Waals surface area contributed by atoms with E-state index in [2.05, 4.69) is 33.2 Å². The summed E-state index contributed by atoms with van der Waals surface area (Å²) in [5, 5.41) is 4.50. The lowest BCUT2D eigenvalue weighted by Crippen LogP contribution is -2.11. The van der Waals surface area contributed by atoms with Crippen LogP contribution in [0.2, 0.25) is 0 Å². The van der Waals surface area contributed by atoms with Gasteiger partial charge in [-0.05, 0) is 44.5 Å². The van der Waals surface area contributed by atoms with Crippen LogP contribution < -0.4 is 5.73 Å². The average molecular weight is 294 g/mol. The van der Waals surface area contributed by atoms with Crippen LogP contribution in [-0.4, -0.2) is 9.78 Å². The summed E-state index contributed by atoms with van der Waals surface area (Å²) in [6.45, 7) is 6.03. The third-order valence-corrected chi connectivity index (χ3v) is 3.21. The van der Waals surface area contributed by atoms with Gasteiger partial charge in [0, 0.05) is 16.2 Å². The van der Waals surface area contributed by atoms with Crippen molar-refractivity contribution in [2.24, 2.45) is 5.73 Å². The molecule has 1 aromatic carbocycles. The van der Waals surface area contributed by atoms with Crippen molar-refractivity contribution in [3.63, 3.8) is 0 Å². The van der Waals surface area contributed by atoms with E-state index in [1.54, 1.807) is 0 Å². The fourth-order valence-corrected chi connectivity index (χ4v) is 2.31. The van der Waals surface area contributed by atoms with E-state index in [1.165, 1.54) is 0 Å². The van der Waals surface area contributed by atoms with Crippen LogP contribution in [0.1, 0.15) is 29.9 Å². The summed E-state index contributed by atoms with van der Waals surface area (Å²) in [6.07, 6.45) is 0. The molecule has 1 atom stereocenters. The predicted molar refractivity (Wildman–Crippen MR) is 73.3 cm³/mol. The van der Waals surface area contributed by atoms with Gasteiger partial charge in [0.25, 0.3) is 0 Å². The molecule has 4 heteroatoms. The number of nitrogens with zero attached hydrogens (tertiary/aromatic N) is 2. The third kappa shape index (κ3) is 2.42. The maximum Gasteiger partial charge on any atom is 0.0707 e. The molecule has 90 valence electrons. The zero-order valence-electron chi connectivity index (χ0n) is 10.2. The Balaban J connectivity index is 2.65. The van der Waals surface area contributed by atoms with Gasteiger partial charge in [-0.15, -0.1) is 0 Å². The quantitative estimate of drug-likeness (QED) is 0.923. The van der Waals surface area contributed by atoms with Crippen molar-refractivity contribution >= 4 is 15.9 Å². The maximum atomic E-state index is 6.00. The Morgan fingerprint density at radius 3 is 2.53 bits per heavy atom. The number of halogens is 1. The zero-order chi connectivity index (χ0) is 12.6. The van der Waals surface area contributed by atoms with Crippen LogP contribution in [-0.2, 0) is 0 Å². The van der Waals surface area contributed by atoms with Gasteiger partial charge >= 0.3 is 0 Å². The van der Waals surface area contributed by atoms with Crippen LogP contribution in [0.25, 0.3) is 5.69 Å². The fourth-order valence-electron chi connectivity index (χ4n) is 1.96. The van der Waals surface area contributed by atoms with Gasteiger partial charge in [0.1, 0.15) is 0 Å². The molecule has 2 aromatic rings. The molecule has 3 nitrogen and oxygen atoms in total. The number of rotatable bonds is 2. The molecule has 0 bridgehead atoms. The highest BCUT2D eigenvalue weighted by atomic mass is 79.9. The molecule has 0 radical (unpaired) electrons. The monoisotopic (exact) mass is 293 g/mol. The fraction of sp³-hybridized carbons (Fsp3) is 0.308. The van der Waals surface area contributed by atoms with Gasteiger partial charge in [-0.2, -0.15) is 5.10 Å². The lowest BCUT2D eigenvalue weighted by Gasteiger charge is -2.14. The molecule has 0 aliphatic heterocycles. The molecule has 1 aromatic heterocycles. The Kier molecular flexibility index (Phi) is 3.35. The molecule has 1 heterocycles. The second kappa shape index (κ2) is 4.63. The topological polar surface area (TPSA) is 43.8 Å². The molecule has 0 saturated carbocycles. The van der Waals surface area contributed by atoms with Gasteiger partial charge in [-0.3, -0.25) is 0 Å². The minimum atomic E-state index is -0.0120. The lowest BCUT2D eigenvalue weighted by atomic mass is 10.1. The van der Waals surface area contributed by atoms with Crippen LogP contribution in [0.4, 0.5) is 0 Å². The van der Waals surface area contributed by atoms with Crippen LogP contribution in [0.15, 0.2) is 28.7 Å². The molecule has 0 spiro atoms. The highest BCUT2D eigenvalue weighted by molar-refractivity contribution is 9.10. The highest BCUT2D eigenvalue weighted by Gasteiger charge is 2.12. The van der Waals surface area contributed by atoms with E-state index in [0.717, 1.165) is 27.1 Å². The summed E-state index contributed by atoms with van der Waals surface area (Å²) in [4.78, 5) is 0. The van der Waals surface area contributed by atoms with Crippen molar-refractivity contribution in [2.45, 2.75) is 26.8 Å². The van der Waals surface area contributed by atoms with Crippen LogP contribution in [0.3, 0.4) is 0 Å². The average Bonchev–Trinajstić information content (AvgIpc) is 2.57. The first-order chi connectivity index (χ1) is 7.99. The summed E-state index contributed by atoms with van der Waals surface area (Å²) >= 11 is 3.49. The van der Waals surface area contributed by atoms with Crippen molar-refractivity contribution in [1.82, 2.24) is 9.78 Å². The van der Waals surface area contributed by atoms with E-state index in [4.69, 9.17) is 5.73 Å². The molecule has 2 rings (SSSR count). The molecule has 0 aliphatic rings. The SMILES string of the molecule is Cc1cc(C)n(-c2cc(Br)ccc2C(C)N)n1. The Morgan fingerprint density at radius 2 is 2.00 bits per heavy atom. The molecule has 0 saturated heterocycles. The summed E-state index contributed by atoms with van der Waals surface area (Å²) in [5.74, 6) is 0. The number of nitrogens with two attached hydrogens (primary N) is 1. The molecule has 0 aliphatic carbocycles. The largest absolute Gasteiger partial charge is 0.324 e. The second-order valence-corrected chi connectivity index (χ2v) is 5.25. The third-order valence-electron chi connectivity index (χ3n) is 2.72. The van der Waals surface area contributed by atoms with E-state index in [0.29, 0.717) is 0 Å². The Bertz CT molecular complexity index is 544. The van der Waals surface area contributed by atoms with E-state index < -0.39 is 0 Å². The second-order valence-electron chi connectivity index (χ2n) is 4.33. The number of aromatic nitrogens is 2. The molecule has 1 unspecified atom stereocenters. The minimum absolute atomic E-state index is 0.0120. The smallest absolute Gasteiger partial charge is 0.0707 e. The predicted octanol–water partition coefficient (Wildman–Crippen LogP) is 3.27. The van der Waals surface area contributed by atoms with E-state index in [1.807, 2.05) is 37.6 Å². The van der Waals surface area contributed by atoms with Gasteiger partial charge in [-0.25, -0.2) is 4.68 Å². The standard InChI is InChI=1S/C13H16BrN3/c1-8-6-9(2)17(16-8)13-7-11(14)4-5-12(13)10(3)15/h4-7,10H,15H2,1-3H3. The Labute approximate surface area is 110 Å². The van der Waals surface area contributed by atoms with Crippen LogP contribution in [0, 0.1) is 13.8 Å². The molecular formula is C13H16BrN3. The number of hydrogen-bond acceptors (Lipinski definition) is 2. The minimum Gasteiger partial charge on any atom is -0.324 e. The first-order valence-corrected chi connectivity index (χ1v) is 6.37. The number of aryl methyl sites for hydroxylation is 2. The summed E-state index contributed by atoms with van der Waals surface area (Å²) in [7, 11) is 0. The van der Waals surface area contributed by atoms with Gasteiger partial charge in [0.2, 0.25) is 0 Å². The van der Waals surface area contributed by atoms with Gasteiger partial charge in [0.05, 0.1) is 11.4 Å². The van der Waals surface area contributed by atoms with E-state index >= 15 is 0 Å². The van der Waals surface area contributed by atoms with Crippen molar-refractivity contribution in [3.05, 3.63) is 45.7 Å². The van der Waals surface area contributed by atoms with Crippen molar-refractivity contribution in [2.75, 3.05) is 0 Å². The lowest BCUT2D eigenvalue weighted by molar-refractivity contribution is 0.766. The molecular weight excluding hydrogens is 278 g/mol.